The third-order valence-corrected chi connectivity index (χ3v) is 11.3. The zero-order valence-corrected chi connectivity index (χ0v) is 23.4. The minimum atomic E-state index is -1.81. The fourth-order valence-corrected chi connectivity index (χ4v) is 4.89. The summed E-state index contributed by atoms with van der Waals surface area (Å²) in [6.07, 6.45) is 2.21. The van der Waals surface area contributed by atoms with Crippen LogP contribution in [0, 0.1) is 0 Å². The summed E-state index contributed by atoms with van der Waals surface area (Å²) in [7, 11) is 2.81. The Balaban J connectivity index is 2.49. The van der Waals surface area contributed by atoms with Crippen LogP contribution in [0.1, 0.15) is 49.5 Å². The topological polar surface area (TPSA) is 80.0 Å². The monoisotopic (exact) mass is 507 g/mol. The van der Waals surface area contributed by atoms with E-state index in [4.69, 9.17) is 36.0 Å². The number of unbranched alkanes of at least 4 members (excludes halogenated alkanes) is 1. The molecule has 0 saturated heterocycles. The molecule has 2 rings (SSSR count). The Morgan fingerprint density at radius 2 is 1.50 bits per heavy atom. The summed E-state index contributed by atoms with van der Waals surface area (Å²) in [6.45, 7) is 11.8. The molecule has 34 heavy (non-hydrogen) atoms. The van der Waals surface area contributed by atoms with Crippen LogP contribution in [0.5, 0.6) is 17.2 Å². The quantitative estimate of drug-likeness (QED) is 0.278. The second-order valence-corrected chi connectivity index (χ2v) is 15.0. The minimum absolute atomic E-state index is 0.159. The lowest BCUT2D eigenvalue weighted by molar-refractivity contribution is 0.0999. The summed E-state index contributed by atoms with van der Waals surface area (Å²) in [5.41, 5.74) is 8.30. The van der Waals surface area contributed by atoms with Crippen molar-refractivity contribution >= 4 is 25.8 Å². The molecule has 1 amide bonds. The molecular weight excluding hydrogens is 470 g/mol. The number of halogens is 1. The van der Waals surface area contributed by atoms with Gasteiger partial charge in [-0.05, 0) is 55.1 Å². The lowest BCUT2D eigenvalue weighted by Gasteiger charge is -2.36. The lowest BCUT2D eigenvalue weighted by atomic mass is 9.90. The van der Waals surface area contributed by atoms with Gasteiger partial charge in [-0.3, -0.25) is 4.79 Å². The largest absolute Gasteiger partial charge is 0.492 e. The summed E-state index contributed by atoms with van der Waals surface area (Å²) in [4.78, 5) is 12.8. The van der Waals surface area contributed by atoms with Gasteiger partial charge in [-0.15, -0.1) is 0 Å². The van der Waals surface area contributed by atoms with E-state index in [1.54, 1.807) is 26.4 Å². The molecule has 188 valence electrons. The van der Waals surface area contributed by atoms with E-state index in [1.807, 2.05) is 12.1 Å². The first-order chi connectivity index (χ1) is 15.9. The van der Waals surface area contributed by atoms with Gasteiger partial charge in [0.25, 0.3) is 0 Å². The highest BCUT2D eigenvalue weighted by molar-refractivity contribution is 6.74. The van der Waals surface area contributed by atoms with Gasteiger partial charge in [0.15, 0.2) is 19.8 Å². The van der Waals surface area contributed by atoms with E-state index in [2.05, 4.69) is 33.9 Å². The Morgan fingerprint density at radius 1 is 0.941 bits per heavy atom. The van der Waals surface area contributed by atoms with Crippen LogP contribution >= 0.6 is 11.6 Å². The second kappa shape index (κ2) is 11.5. The SMILES string of the molecule is COc1c(CCCCO[Si](C)(C)C(C)(C)C)c(C(N)=O)c(-c2ccc(Cl)cc2)c(OC)c1OC. The number of rotatable bonds is 11. The molecule has 0 fully saturated rings. The van der Waals surface area contributed by atoms with E-state index < -0.39 is 14.2 Å². The Kier molecular flexibility index (Phi) is 9.45. The molecular formula is C26H38ClNO5Si. The van der Waals surface area contributed by atoms with Crippen molar-refractivity contribution in [3.05, 3.63) is 40.4 Å². The van der Waals surface area contributed by atoms with Crippen molar-refractivity contribution in [3.63, 3.8) is 0 Å². The molecule has 0 aliphatic carbocycles. The lowest BCUT2D eigenvalue weighted by Crippen LogP contribution is -2.40. The summed E-state index contributed by atoms with van der Waals surface area (Å²) >= 11 is 6.09. The molecule has 2 aromatic carbocycles. The number of methoxy groups -OCH3 is 3. The van der Waals surface area contributed by atoms with Crippen molar-refractivity contribution in [2.75, 3.05) is 27.9 Å². The maximum atomic E-state index is 12.8. The number of nitrogens with two attached hydrogens (primary N) is 1. The normalized spacial score (nSPS) is 11.9. The van der Waals surface area contributed by atoms with E-state index in [0.717, 1.165) is 18.4 Å². The van der Waals surface area contributed by atoms with Crippen molar-refractivity contribution in [2.24, 2.45) is 5.73 Å². The predicted molar refractivity (Wildman–Crippen MR) is 141 cm³/mol. The number of primary amides is 1. The van der Waals surface area contributed by atoms with Crippen LogP contribution in [0.25, 0.3) is 11.1 Å². The zero-order chi connectivity index (χ0) is 25.7. The highest BCUT2D eigenvalue weighted by Gasteiger charge is 2.37. The van der Waals surface area contributed by atoms with Gasteiger partial charge in [0.05, 0.1) is 26.9 Å². The van der Waals surface area contributed by atoms with Gasteiger partial charge in [0, 0.05) is 22.8 Å². The van der Waals surface area contributed by atoms with Crippen molar-refractivity contribution in [1.29, 1.82) is 0 Å². The van der Waals surface area contributed by atoms with Gasteiger partial charge in [-0.25, -0.2) is 0 Å². The molecule has 8 heteroatoms. The van der Waals surface area contributed by atoms with Crippen LogP contribution in [0.3, 0.4) is 0 Å². The Morgan fingerprint density at radius 3 is 1.97 bits per heavy atom. The summed E-state index contributed by atoms with van der Waals surface area (Å²) in [6, 6.07) is 7.18. The van der Waals surface area contributed by atoms with Crippen LogP contribution in [-0.2, 0) is 10.8 Å². The maximum Gasteiger partial charge on any atom is 0.249 e. The number of amides is 1. The highest BCUT2D eigenvalue weighted by atomic mass is 35.5. The standard InChI is InChI=1S/C26H38ClNO5Si/c1-26(2,3)34(7,8)33-16-10-9-11-19-21(25(28)29)20(17-12-14-18(27)15-13-17)23(31-5)24(32-6)22(19)30-4/h12-15H,9-11,16H2,1-8H3,(H2,28,29). The van der Waals surface area contributed by atoms with Crippen molar-refractivity contribution in [3.8, 4) is 28.4 Å². The summed E-state index contributed by atoms with van der Waals surface area (Å²) < 4.78 is 23.4. The van der Waals surface area contributed by atoms with E-state index in [0.29, 0.717) is 52.0 Å². The number of benzene rings is 2. The Labute approximate surface area is 209 Å². The van der Waals surface area contributed by atoms with E-state index in [-0.39, 0.29) is 5.04 Å². The van der Waals surface area contributed by atoms with Crippen molar-refractivity contribution in [2.45, 2.75) is 58.2 Å². The third-order valence-electron chi connectivity index (χ3n) is 6.55. The minimum Gasteiger partial charge on any atom is -0.492 e. The number of carbonyl (C=O) groups is 1. The number of hydrogen-bond donors (Lipinski definition) is 1. The molecule has 2 N–H and O–H groups in total. The number of ether oxygens (including phenoxy) is 3. The molecule has 0 spiro atoms. The van der Waals surface area contributed by atoms with Crippen molar-refractivity contribution in [1.82, 2.24) is 0 Å². The van der Waals surface area contributed by atoms with Crippen LogP contribution < -0.4 is 19.9 Å². The van der Waals surface area contributed by atoms with E-state index in [1.165, 1.54) is 7.11 Å². The van der Waals surface area contributed by atoms with Gasteiger partial charge in [-0.1, -0.05) is 44.5 Å². The predicted octanol–water partition coefficient (Wildman–Crippen LogP) is 6.48. The van der Waals surface area contributed by atoms with Crippen LogP contribution in [0.4, 0.5) is 0 Å². The van der Waals surface area contributed by atoms with Crippen LogP contribution in [0.15, 0.2) is 24.3 Å². The van der Waals surface area contributed by atoms with Crippen LogP contribution in [0.2, 0.25) is 23.2 Å². The average molecular weight is 508 g/mol. The maximum absolute atomic E-state index is 12.8. The van der Waals surface area contributed by atoms with Crippen molar-refractivity contribution < 1.29 is 23.4 Å². The van der Waals surface area contributed by atoms with Gasteiger partial charge in [-0.2, -0.15) is 0 Å². The molecule has 6 nitrogen and oxygen atoms in total. The summed E-state index contributed by atoms with van der Waals surface area (Å²) in [5.74, 6) is 0.709. The fraction of sp³-hybridized carbons (Fsp3) is 0.500. The van der Waals surface area contributed by atoms with Gasteiger partial charge in [0.1, 0.15) is 0 Å². The first-order valence-electron chi connectivity index (χ1n) is 11.4. The number of hydrogen-bond acceptors (Lipinski definition) is 5. The van der Waals surface area contributed by atoms with Crippen LogP contribution in [-0.4, -0.2) is 42.2 Å². The Bertz CT molecular complexity index is 1000. The molecule has 0 atom stereocenters. The molecule has 2 aromatic rings. The molecule has 0 aliphatic heterocycles. The average Bonchev–Trinajstić information content (AvgIpc) is 2.76. The first-order valence-corrected chi connectivity index (χ1v) is 14.7. The molecule has 0 unspecified atom stereocenters. The molecule has 0 radical (unpaired) electrons. The highest BCUT2D eigenvalue weighted by Crippen LogP contribution is 2.50. The Hall–Kier alpha value is -2.22. The van der Waals surface area contributed by atoms with E-state index >= 15 is 0 Å². The number of carbonyl (C=O) groups excluding carboxylic acids is 1. The summed E-state index contributed by atoms with van der Waals surface area (Å²) in [5, 5.41) is 0.748. The third kappa shape index (κ3) is 6.06. The molecule has 0 aromatic heterocycles. The zero-order valence-electron chi connectivity index (χ0n) is 21.6. The van der Waals surface area contributed by atoms with E-state index in [9.17, 15) is 4.79 Å². The first kappa shape index (κ1) is 28.0. The van der Waals surface area contributed by atoms with Gasteiger partial charge < -0.3 is 24.4 Å². The molecule has 0 aliphatic rings. The molecule has 0 heterocycles. The fourth-order valence-electron chi connectivity index (χ4n) is 3.68. The van der Waals surface area contributed by atoms with Gasteiger partial charge >= 0.3 is 0 Å². The molecule has 0 saturated carbocycles. The van der Waals surface area contributed by atoms with Gasteiger partial charge in [0.2, 0.25) is 11.7 Å². The molecule has 0 bridgehead atoms. The smallest absolute Gasteiger partial charge is 0.249 e. The second-order valence-electron chi connectivity index (χ2n) is 9.77.